The van der Waals surface area contributed by atoms with Gasteiger partial charge in [0.05, 0.1) is 40.5 Å². The fourth-order valence-electron chi connectivity index (χ4n) is 7.81. The van der Waals surface area contributed by atoms with Gasteiger partial charge >= 0.3 is 6.09 Å². The quantitative estimate of drug-likeness (QED) is 0.315. The van der Waals surface area contributed by atoms with Crippen molar-refractivity contribution in [2.45, 2.75) is 70.2 Å². The van der Waals surface area contributed by atoms with E-state index < -0.39 is 17.5 Å². The topological polar surface area (TPSA) is 93.4 Å². The first-order chi connectivity index (χ1) is 20.6. The maximum atomic E-state index is 15.8. The largest absolute Gasteiger partial charge is 0.444 e. The smallest absolute Gasteiger partial charge is 0.407 e. The highest BCUT2D eigenvalue weighted by atomic mass is 19.1. The summed E-state index contributed by atoms with van der Waals surface area (Å²) in [5, 5.41) is 7.74. The van der Waals surface area contributed by atoms with Gasteiger partial charge in [-0.25, -0.2) is 14.2 Å². The van der Waals surface area contributed by atoms with Crippen LogP contribution in [0.5, 0.6) is 0 Å². The number of likely N-dealkylation sites (tertiary alicyclic amines) is 1. The molecule has 2 bridgehead atoms. The molecule has 2 aliphatic carbocycles. The van der Waals surface area contributed by atoms with Crippen molar-refractivity contribution >= 4 is 39.6 Å². The number of piperidine rings is 1. The van der Waals surface area contributed by atoms with E-state index in [0.717, 1.165) is 36.2 Å². The monoisotopic (exact) mass is 584 g/mol. The highest BCUT2D eigenvalue weighted by Crippen LogP contribution is 2.47. The predicted octanol–water partition coefficient (Wildman–Crippen LogP) is 5.84. The molecule has 224 valence electrons. The molecular weight excluding hydrogens is 547 g/mol. The Morgan fingerprint density at radius 3 is 2.60 bits per heavy atom. The Labute approximate surface area is 249 Å². The Hall–Kier alpha value is -4.08. The summed E-state index contributed by atoms with van der Waals surface area (Å²) in [5.74, 6) is 0.760. The molecule has 2 aromatic carbocycles. The summed E-state index contributed by atoms with van der Waals surface area (Å²) < 4.78 is 25.5. The maximum absolute atomic E-state index is 15.8. The van der Waals surface area contributed by atoms with Gasteiger partial charge in [-0.15, -0.1) is 0 Å². The zero-order valence-electron chi connectivity index (χ0n) is 25.0. The van der Waals surface area contributed by atoms with Crippen molar-refractivity contribution in [2.75, 3.05) is 18.4 Å². The van der Waals surface area contributed by atoms with Crippen molar-refractivity contribution in [1.82, 2.24) is 24.3 Å². The number of alkyl carbamates (subject to hydrolysis) is 1. The van der Waals surface area contributed by atoms with Crippen LogP contribution in [0.4, 0.5) is 14.9 Å². The molecule has 2 saturated carbocycles. The van der Waals surface area contributed by atoms with Crippen LogP contribution >= 0.6 is 0 Å². The Bertz CT molecular complexity index is 1810. The molecule has 2 amide bonds. The Balaban J connectivity index is 1.13. The number of anilines is 1. The van der Waals surface area contributed by atoms with E-state index in [-0.39, 0.29) is 29.5 Å². The summed E-state index contributed by atoms with van der Waals surface area (Å²) in [6, 6.07) is 11.5. The predicted molar refractivity (Wildman–Crippen MR) is 163 cm³/mol. The SMILES string of the molecule is Cn1c(-c2cc3cccc4c3n2C(C2CC2)CN4)nc2cc(C(=O)N3C[C@H]4CC[C@@H]3[C@@H]4NC(=O)OC(C)(C)C)cc(F)c21. The second-order valence-corrected chi connectivity index (χ2v) is 13.8. The zero-order chi connectivity index (χ0) is 29.8. The number of amides is 2. The third kappa shape index (κ3) is 4.20. The molecule has 2 N–H and O–H groups in total. The van der Waals surface area contributed by atoms with Crippen molar-refractivity contribution in [1.29, 1.82) is 0 Å². The number of ether oxygens (including phenoxy) is 1. The number of aryl methyl sites for hydroxylation is 1. The fourth-order valence-corrected chi connectivity index (χ4v) is 7.81. The normalized spacial score (nSPS) is 24.5. The molecule has 2 aromatic heterocycles. The first-order valence-corrected chi connectivity index (χ1v) is 15.4. The highest BCUT2D eigenvalue weighted by molar-refractivity contribution is 6.00. The molecule has 4 atom stereocenters. The number of benzene rings is 2. The summed E-state index contributed by atoms with van der Waals surface area (Å²) in [6.45, 7) is 6.86. The van der Waals surface area contributed by atoms with E-state index in [1.54, 1.807) is 11.0 Å². The third-order valence-corrected chi connectivity index (χ3v) is 9.79. The van der Waals surface area contributed by atoms with E-state index in [4.69, 9.17) is 9.72 Å². The zero-order valence-corrected chi connectivity index (χ0v) is 25.0. The number of halogens is 1. The lowest BCUT2D eigenvalue weighted by Gasteiger charge is -2.29. The van der Waals surface area contributed by atoms with Crippen molar-refractivity contribution in [3.8, 4) is 11.5 Å². The molecule has 4 aromatic rings. The maximum Gasteiger partial charge on any atom is 0.407 e. The standard InChI is InChI=1S/C33H37FN6O3/c1-33(2,3)43-32(42)37-27-19-10-11-24(27)39(16-19)31(41)20-12-21(34)29-23(13-20)36-30(38(29)4)25-14-18-6-5-7-22-28(18)40(25)26(15-35-22)17-8-9-17/h5-7,12-14,17,19,24,26-27,35H,8-11,15-16H2,1-4H3,(H,37,42)/t19-,24-,26?,27-/m1/s1. The van der Waals surface area contributed by atoms with Crippen molar-refractivity contribution in [3.05, 3.63) is 47.8 Å². The number of aromatic nitrogens is 3. The van der Waals surface area contributed by atoms with Gasteiger partial charge < -0.3 is 29.4 Å². The molecule has 0 spiro atoms. The van der Waals surface area contributed by atoms with Crippen molar-refractivity contribution in [2.24, 2.45) is 18.9 Å². The van der Waals surface area contributed by atoms with E-state index in [2.05, 4.69) is 39.5 Å². The molecular formula is C33H37FN6O3. The molecule has 1 saturated heterocycles. The molecule has 8 rings (SSSR count). The van der Waals surface area contributed by atoms with Crippen molar-refractivity contribution < 1.29 is 18.7 Å². The molecule has 2 aliphatic heterocycles. The molecule has 4 heterocycles. The van der Waals surface area contributed by atoms with Crippen LogP contribution < -0.4 is 10.6 Å². The number of nitrogens with zero attached hydrogens (tertiary/aromatic N) is 4. The minimum absolute atomic E-state index is 0.147. The summed E-state index contributed by atoms with van der Waals surface area (Å²) >= 11 is 0. The van der Waals surface area contributed by atoms with E-state index in [9.17, 15) is 9.59 Å². The number of imidazole rings is 1. The Morgan fingerprint density at radius 2 is 1.84 bits per heavy atom. The number of carbonyl (C=O) groups is 2. The molecule has 9 nitrogen and oxygen atoms in total. The van der Waals surface area contributed by atoms with Gasteiger partial charge in [0.15, 0.2) is 5.82 Å². The van der Waals surface area contributed by atoms with Gasteiger partial charge in [0.25, 0.3) is 5.91 Å². The lowest BCUT2D eigenvalue weighted by atomic mass is 10.1. The number of para-hydroxylation sites is 1. The van der Waals surface area contributed by atoms with Crippen LogP contribution in [0.2, 0.25) is 0 Å². The highest BCUT2D eigenvalue weighted by Gasteiger charge is 2.50. The Kier molecular flexibility index (Phi) is 5.68. The number of nitrogens with one attached hydrogen (secondary N) is 2. The lowest BCUT2D eigenvalue weighted by molar-refractivity contribution is 0.0485. The van der Waals surface area contributed by atoms with Gasteiger partial charge in [-0.1, -0.05) is 12.1 Å². The van der Waals surface area contributed by atoms with E-state index in [0.29, 0.717) is 35.4 Å². The molecule has 3 fully saturated rings. The minimum atomic E-state index is -0.602. The number of hydrogen-bond acceptors (Lipinski definition) is 5. The van der Waals surface area contributed by atoms with Crippen LogP contribution in [0.15, 0.2) is 36.4 Å². The summed E-state index contributed by atoms with van der Waals surface area (Å²) in [6.07, 6.45) is 3.67. The summed E-state index contributed by atoms with van der Waals surface area (Å²) in [4.78, 5) is 33.1. The molecule has 1 unspecified atom stereocenters. The van der Waals surface area contributed by atoms with Crippen molar-refractivity contribution in [3.63, 3.8) is 0 Å². The number of carbonyl (C=O) groups excluding carboxylic acids is 2. The van der Waals surface area contributed by atoms with Gasteiger partial charge in [-0.3, -0.25) is 4.79 Å². The van der Waals surface area contributed by atoms with Gasteiger partial charge in [0.1, 0.15) is 16.9 Å². The average Bonchev–Trinajstić information content (AvgIpc) is 3.36. The number of rotatable bonds is 4. The molecule has 0 radical (unpaired) electrons. The van der Waals surface area contributed by atoms with Crippen LogP contribution in [-0.2, 0) is 11.8 Å². The van der Waals surface area contributed by atoms with Crippen LogP contribution in [0.1, 0.15) is 62.9 Å². The second-order valence-electron chi connectivity index (χ2n) is 13.8. The van der Waals surface area contributed by atoms with Crippen LogP contribution in [0.3, 0.4) is 0 Å². The van der Waals surface area contributed by atoms with Crippen LogP contribution in [0, 0.1) is 17.7 Å². The number of fused-ring (bicyclic) bond motifs is 3. The number of hydrogen-bond donors (Lipinski definition) is 2. The van der Waals surface area contributed by atoms with Crippen LogP contribution in [0.25, 0.3) is 33.5 Å². The second kappa shape index (κ2) is 9.21. The van der Waals surface area contributed by atoms with Crippen LogP contribution in [-0.4, -0.2) is 61.8 Å². The molecule has 10 heteroatoms. The summed E-state index contributed by atoms with van der Waals surface area (Å²) in [5.41, 5.74) is 3.77. The minimum Gasteiger partial charge on any atom is -0.444 e. The average molecular weight is 585 g/mol. The van der Waals surface area contributed by atoms with Gasteiger partial charge in [0, 0.05) is 31.1 Å². The van der Waals surface area contributed by atoms with E-state index in [1.807, 2.05) is 32.4 Å². The Morgan fingerprint density at radius 1 is 1.05 bits per heavy atom. The van der Waals surface area contributed by atoms with E-state index in [1.165, 1.54) is 24.4 Å². The molecule has 4 aliphatic rings. The summed E-state index contributed by atoms with van der Waals surface area (Å²) in [7, 11) is 1.85. The third-order valence-electron chi connectivity index (χ3n) is 9.79. The van der Waals surface area contributed by atoms with E-state index >= 15 is 4.39 Å². The lowest BCUT2D eigenvalue weighted by Crippen LogP contribution is -2.46. The molecule has 43 heavy (non-hydrogen) atoms. The van der Waals surface area contributed by atoms with Gasteiger partial charge in [-0.2, -0.15) is 0 Å². The van der Waals surface area contributed by atoms with Gasteiger partial charge in [0.2, 0.25) is 0 Å². The fraction of sp³-hybridized carbons (Fsp3) is 0.485. The first kappa shape index (κ1) is 26.5. The first-order valence-electron chi connectivity index (χ1n) is 15.4. The van der Waals surface area contributed by atoms with Gasteiger partial charge in [-0.05, 0) is 82.6 Å².